The van der Waals surface area contributed by atoms with Gasteiger partial charge in [0.15, 0.2) is 0 Å². The van der Waals surface area contributed by atoms with Gasteiger partial charge >= 0.3 is 0 Å². The topological polar surface area (TPSA) is 49.4 Å². The van der Waals surface area contributed by atoms with E-state index in [9.17, 15) is 0 Å². The van der Waals surface area contributed by atoms with Gasteiger partial charge in [0.1, 0.15) is 13.2 Å². The van der Waals surface area contributed by atoms with Gasteiger partial charge in [-0.05, 0) is 42.1 Å². The van der Waals surface area contributed by atoms with E-state index in [0.29, 0.717) is 5.92 Å². The normalized spacial score (nSPS) is 14.1. The Bertz CT molecular complexity index is 924. The van der Waals surface area contributed by atoms with E-state index in [2.05, 4.69) is 98.9 Å². The van der Waals surface area contributed by atoms with Crippen LogP contribution in [0.3, 0.4) is 0 Å². The molecular weight excluding hydrogens is 406 g/mol. The predicted octanol–water partition coefficient (Wildman–Crippen LogP) is 8.06. The molecule has 0 fully saturated rings. The van der Waals surface area contributed by atoms with Crippen LogP contribution in [0.25, 0.3) is 0 Å². The van der Waals surface area contributed by atoms with E-state index in [1.165, 1.54) is 11.1 Å². The molecule has 0 N–H and O–H groups in total. The average molecular weight is 442 g/mol. The molecule has 2 rings (SSSR count). The van der Waals surface area contributed by atoms with Crippen molar-refractivity contribution in [1.29, 1.82) is 0 Å². The molecule has 0 saturated heterocycles. The summed E-state index contributed by atoms with van der Waals surface area (Å²) in [5, 5.41) is 0. The summed E-state index contributed by atoms with van der Waals surface area (Å²) >= 11 is 0. The summed E-state index contributed by atoms with van der Waals surface area (Å²) in [6.07, 6.45) is 4.03. The van der Waals surface area contributed by atoms with Crippen molar-refractivity contribution in [2.45, 2.75) is 38.6 Å². The molecule has 0 aliphatic rings. The van der Waals surface area contributed by atoms with Gasteiger partial charge in [-0.3, -0.25) is 4.76 Å². The van der Waals surface area contributed by atoms with Crippen LogP contribution in [-0.2, 0) is 0 Å². The maximum atomic E-state index is 5.07. The Morgan fingerprint density at radius 1 is 0.900 bits per heavy atom. The Hall–Kier alpha value is -1.85. The van der Waals surface area contributed by atoms with Gasteiger partial charge in [-0.1, -0.05) is 74.5 Å². The van der Waals surface area contributed by atoms with E-state index in [1.54, 1.807) is 0 Å². The van der Waals surface area contributed by atoms with E-state index < -0.39 is 14.8 Å². The minimum absolute atomic E-state index is 0.0898. The zero-order chi connectivity index (χ0) is 22.0. The molecule has 0 saturated carbocycles. The van der Waals surface area contributed by atoms with Crippen LogP contribution in [0.15, 0.2) is 79.7 Å². The number of nitrogens with zero attached hydrogens (tertiary/aromatic N) is 4. The maximum Gasteiger partial charge on any atom is 0.256 e. The van der Waals surface area contributed by atoms with Crippen molar-refractivity contribution >= 4 is 27.0 Å². The average Bonchev–Trinajstić information content (AvgIpc) is 2.72. The first kappa shape index (κ1) is 24.4. The van der Waals surface area contributed by atoms with E-state index in [-0.39, 0.29) is 6.04 Å². The van der Waals surface area contributed by atoms with Gasteiger partial charge in [0.2, 0.25) is 0 Å². The molecule has 160 valence electrons. The third-order valence-corrected chi connectivity index (χ3v) is 9.49. The zero-order valence-electron chi connectivity index (χ0n) is 19.1. The number of hydrogen-bond acceptors (Lipinski definition) is 3. The van der Waals surface area contributed by atoms with Crippen LogP contribution in [-0.4, -0.2) is 38.9 Å². The summed E-state index contributed by atoms with van der Waals surface area (Å²) in [5.74, 6) is 0.323. The SMILES string of the molecule is CCC(/C=N/P(C)(C)=N[P+](C)(C)N=C=NC(CC)c1ccccc1)c1ccccc1. The molecule has 4 nitrogen and oxygen atoms in total. The largest absolute Gasteiger partial charge is 0.256 e. The zero-order valence-corrected chi connectivity index (χ0v) is 20.9. The Morgan fingerprint density at radius 3 is 2.00 bits per heavy atom. The highest BCUT2D eigenvalue weighted by atomic mass is 31.2. The van der Waals surface area contributed by atoms with Crippen molar-refractivity contribution < 1.29 is 0 Å². The van der Waals surface area contributed by atoms with Gasteiger partial charge in [0.05, 0.1) is 19.4 Å². The number of hydrogen-bond donors (Lipinski definition) is 0. The number of rotatable bonds is 9. The lowest BCUT2D eigenvalue weighted by molar-refractivity contribution is 0.705. The molecule has 0 aliphatic carbocycles. The minimum Gasteiger partial charge on any atom is -0.253 e. The smallest absolute Gasteiger partial charge is 0.253 e. The fourth-order valence-corrected chi connectivity index (χ4v) is 8.62. The van der Waals surface area contributed by atoms with Crippen LogP contribution in [0.5, 0.6) is 0 Å². The summed E-state index contributed by atoms with van der Waals surface area (Å²) in [6, 6.07) is 23.9. The molecule has 2 aromatic carbocycles. The lowest BCUT2D eigenvalue weighted by Gasteiger charge is -2.13. The van der Waals surface area contributed by atoms with E-state index in [4.69, 9.17) is 9.28 Å². The third kappa shape index (κ3) is 8.11. The Labute approximate surface area is 183 Å². The summed E-state index contributed by atoms with van der Waals surface area (Å²) < 4.78 is 14.6. The molecular formula is C24H35N4P2+. The highest BCUT2D eigenvalue weighted by molar-refractivity contribution is 7.79. The molecule has 30 heavy (non-hydrogen) atoms. The fourth-order valence-electron chi connectivity index (χ4n) is 3.23. The molecule has 2 aromatic rings. The van der Waals surface area contributed by atoms with Crippen molar-refractivity contribution in [3.63, 3.8) is 0 Å². The first-order valence-corrected chi connectivity index (χ1v) is 15.7. The molecule has 0 aliphatic heterocycles. The fraction of sp³-hybridized carbons (Fsp3) is 0.417. The van der Waals surface area contributed by atoms with Gasteiger partial charge in [-0.25, -0.2) is 4.99 Å². The van der Waals surface area contributed by atoms with Crippen LogP contribution in [0.2, 0.25) is 0 Å². The maximum absolute atomic E-state index is 5.07. The van der Waals surface area contributed by atoms with Crippen molar-refractivity contribution in [2.24, 2.45) is 19.0 Å². The second-order valence-electron chi connectivity index (χ2n) is 8.12. The number of benzene rings is 2. The number of aliphatic imine (C=N–C) groups is 1. The van der Waals surface area contributed by atoms with Crippen LogP contribution < -0.4 is 0 Å². The Kier molecular flexibility index (Phi) is 9.37. The molecule has 2 unspecified atom stereocenters. The highest BCUT2D eigenvalue weighted by Crippen LogP contribution is 2.63. The minimum atomic E-state index is -1.88. The summed E-state index contributed by atoms with van der Waals surface area (Å²) in [7, 11) is -3.69. The molecule has 0 bridgehead atoms. The van der Waals surface area contributed by atoms with Crippen molar-refractivity contribution in [3.8, 4) is 0 Å². The van der Waals surface area contributed by atoms with Crippen LogP contribution in [0, 0.1) is 0 Å². The van der Waals surface area contributed by atoms with Gasteiger partial charge in [0, 0.05) is 12.1 Å². The van der Waals surface area contributed by atoms with Gasteiger partial charge in [-0.15, -0.1) is 4.52 Å². The highest BCUT2D eigenvalue weighted by Gasteiger charge is 2.27. The quantitative estimate of drug-likeness (QED) is 0.279. The first-order chi connectivity index (χ1) is 14.3. The predicted molar refractivity (Wildman–Crippen MR) is 137 cm³/mol. The molecule has 0 spiro atoms. The van der Waals surface area contributed by atoms with Gasteiger partial charge < -0.3 is 0 Å². The molecule has 0 heterocycles. The van der Waals surface area contributed by atoms with Gasteiger partial charge in [-0.2, -0.15) is 0 Å². The second kappa shape index (κ2) is 11.5. The molecule has 2 atom stereocenters. The Balaban J connectivity index is 2.18. The van der Waals surface area contributed by atoms with Crippen molar-refractivity contribution in [1.82, 2.24) is 0 Å². The van der Waals surface area contributed by atoms with Crippen molar-refractivity contribution in [3.05, 3.63) is 71.8 Å². The van der Waals surface area contributed by atoms with E-state index >= 15 is 0 Å². The van der Waals surface area contributed by atoms with E-state index in [0.717, 1.165) is 12.8 Å². The monoisotopic (exact) mass is 441 g/mol. The molecule has 0 radical (unpaired) electrons. The summed E-state index contributed by atoms with van der Waals surface area (Å²) in [5.41, 5.74) is 2.49. The Morgan fingerprint density at radius 2 is 1.47 bits per heavy atom. The second-order valence-corrected chi connectivity index (χ2v) is 14.6. The lowest BCUT2D eigenvalue weighted by Crippen LogP contribution is -1.98. The third-order valence-electron chi connectivity index (χ3n) is 4.71. The molecule has 6 heteroatoms. The first-order valence-electron chi connectivity index (χ1n) is 10.5. The molecule has 0 aromatic heterocycles. The van der Waals surface area contributed by atoms with Crippen LogP contribution in [0.1, 0.15) is 49.8 Å². The van der Waals surface area contributed by atoms with Crippen molar-refractivity contribution in [2.75, 3.05) is 26.7 Å². The van der Waals surface area contributed by atoms with E-state index in [1.807, 2.05) is 24.3 Å². The lowest BCUT2D eigenvalue weighted by atomic mass is 9.98. The van der Waals surface area contributed by atoms with Crippen LogP contribution >= 0.6 is 14.8 Å². The molecule has 0 amide bonds. The van der Waals surface area contributed by atoms with Gasteiger partial charge in [0.25, 0.3) is 7.56 Å². The summed E-state index contributed by atoms with van der Waals surface area (Å²) in [6.45, 7) is 12.8. The summed E-state index contributed by atoms with van der Waals surface area (Å²) in [4.78, 5) is 4.58. The van der Waals surface area contributed by atoms with Crippen LogP contribution in [0.4, 0.5) is 0 Å². The standard InChI is InChI=1S/C24H35N4P2/c1-7-21(22-15-11-9-12-16-22)19-26-29(3,4)28-30(5,6)27-20-25-24(8-2)23-17-13-10-14-18-23/h9-19,21,24H,7-8H2,1-6H3/q+1/b26-19+.